The van der Waals surface area contributed by atoms with Crippen molar-refractivity contribution in [3.8, 4) is 0 Å². The topological polar surface area (TPSA) is 75.4 Å². The van der Waals surface area contributed by atoms with Crippen molar-refractivity contribution in [2.45, 2.75) is 38.6 Å². The summed E-state index contributed by atoms with van der Waals surface area (Å²) in [4.78, 5) is 24.6. The molecular weight excluding hydrogens is 246 g/mol. The van der Waals surface area contributed by atoms with Crippen LogP contribution in [0, 0.1) is 0 Å². The Morgan fingerprint density at radius 1 is 1.21 bits per heavy atom. The minimum atomic E-state index is -0.865. The molecule has 1 amide bonds. The minimum absolute atomic E-state index is 0.00322. The van der Waals surface area contributed by atoms with E-state index in [0.29, 0.717) is 12.1 Å². The number of rotatable bonds is 4. The predicted molar refractivity (Wildman–Crippen MR) is 68.9 cm³/mol. The molecule has 6 heteroatoms. The van der Waals surface area contributed by atoms with Crippen molar-refractivity contribution in [1.82, 2.24) is 14.7 Å². The highest BCUT2D eigenvalue weighted by Crippen LogP contribution is 2.13. The monoisotopic (exact) mass is 265 g/mol. The van der Waals surface area contributed by atoms with E-state index < -0.39 is 5.97 Å². The molecule has 2 rings (SSSR count). The van der Waals surface area contributed by atoms with Gasteiger partial charge in [0.15, 0.2) is 0 Å². The lowest BCUT2D eigenvalue weighted by atomic mass is 10.2. The molecule has 6 nitrogen and oxygen atoms in total. The zero-order valence-corrected chi connectivity index (χ0v) is 10.9. The fourth-order valence-electron chi connectivity index (χ4n) is 2.26. The molecule has 1 aliphatic heterocycles. The van der Waals surface area contributed by atoms with Gasteiger partial charge in [0.2, 0.25) is 0 Å². The summed E-state index contributed by atoms with van der Waals surface area (Å²) < 4.78 is 1.51. The maximum absolute atomic E-state index is 12.3. The van der Waals surface area contributed by atoms with E-state index in [1.807, 2.05) is 4.90 Å². The summed E-state index contributed by atoms with van der Waals surface area (Å²) in [5.41, 5.74) is 0.548. The number of aromatic nitrogens is 2. The van der Waals surface area contributed by atoms with Gasteiger partial charge in [0, 0.05) is 19.3 Å². The van der Waals surface area contributed by atoms with E-state index in [1.165, 1.54) is 23.7 Å². The van der Waals surface area contributed by atoms with E-state index in [0.717, 1.165) is 25.9 Å². The van der Waals surface area contributed by atoms with Crippen molar-refractivity contribution in [3.63, 3.8) is 0 Å². The first-order chi connectivity index (χ1) is 9.16. The van der Waals surface area contributed by atoms with E-state index in [4.69, 9.17) is 5.11 Å². The average molecular weight is 265 g/mol. The molecule has 0 aliphatic carbocycles. The summed E-state index contributed by atoms with van der Waals surface area (Å²) in [7, 11) is 0. The number of likely N-dealkylation sites (tertiary alicyclic amines) is 1. The molecule has 0 spiro atoms. The van der Waals surface area contributed by atoms with Gasteiger partial charge < -0.3 is 10.0 Å². The number of carboxylic acids is 1. The van der Waals surface area contributed by atoms with Crippen LogP contribution in [0.5, 0.6) is 0 Å². The molecule has 1 aromatic rings. The van der Waals surface area contributed by atoms with Gasteiger partial charge >= 0.3 is 5.97 Å². The predicted octanol–water partition coefficient (Wildman–Crippen LogP) is 1.37. The van der Waals surface area contributed by atoms with Gasteiger partial charge in [-0.25, -0.2) is 0 Å². The third-order valence-electron chi connectivity index (χ3n) is 3.33. The standard InChI is InChI=1S/C13H19N3O3/c17-12(18)5-8-16-10-11(9-14-16)13(19)15-6-3-1-2-4-7-15/h9-10H,1-8H2,(H,17,18). The smallest absolute Gasteiger partial charge is 0.305 e. The Bertz CT molecular complexity index is 448. The Hall–Kier alpha value is -1.85. The van der Waals surface area contributed by atoms with Gasteiger partial charge in [0.1, 0.15) is 0 Å². The van der Waals surface area contributed by atoms with Crippen molar-refractivity contribution < 1.29 is 14.7 Å². The normalized spacial score (nSPS) is 16.1. The highest BCUT2D eigenvalue weighted by Gasteiger charge is 2.18. The molecule has 2 heterocycles. The number of carbonyl (C=O) groups is 2. The van der Waals surface area contributed by atoms with Crippen molar-refractivity contribution in [2.75, 3.05) is 13.1 Å². The zero-order valence-electron chi connectivity index (χ0n) is 10.9. The number of aryl methyl sites for hydroxylation is 1. The third kappa shape index (κ3) is 3.81. The lowest BCUT2D eigenvalue weighted by Crippen LogP contribution is -2.31. The van der Waals surface area contributed by atoms with E-state index in [-0.39, 0.29) is 12.3 Å². The number of nitrogens with zero attached hydrogens (tertiary/aromatic N) is 3. The minimum Gasteiger partial charge on any atom is -0.481 e. The van der Waals surface area contributed by atoms with Crippen LogP contribution in [0.1, 0.15) is 42.5 Å². The Labute approximate surface area is 112 Å². The first-order valence-electron chi connectivity index (χ1n) is 6.70. The van der Waals surface area contributed by atoms with E-state index in [9.17, 15) is 9.59 Å². The van der Waals surface area contributed by atoms with Crippen LogP contribution in [0.3, 0.4) is 0 Å². The molecule has 0 radical (unpaired) electrons. The summed E-state index contributed by atoms with van der Waals surface area (Å²) in [6.45, 7) is 1.90. The fraction of sp³-hybridized carbons (Fsp3) is 0.615. The first kappa shape index (κ1) is 13.6. The Balaban J connectivity index is 1.96. The Morgan fingerprint density at radius 3 is 2.53 bits per heavy atom. The molecular formula is C13H19N3O3. The SMILES string of the molecule is O=C(O)CCn1cc(C(=O)N2CCCCCC2)cn1. The molecule has 0 unspecified atom stereocenters. The van der Waals surface area contributed by atoms with Gasteiger partial charge in [0.25, 0.3) is 5.91 Å². The second kappa shape index (κ2) is 6.36. The van der Waals surface area contributed by atoms with Crippen LogP contribution in [0.15, 0.2) is 12.4 Å². The van der Waals surface area contributed by atoms with E-state index in [2.05, 4.69) is 5.10 Å². The first-order valence-corrected chi connectivity index (χ1v) is 6.70. The van der Waals surface area contributed by atoms with E-state index >= 15 is 0 Å². The summed E-state index contributed by atoms with van der Waals surface area (Å²) in [5.74, 6) is -0.862. The van der Waals surface area contributed by atoms with Gasteiger partial charge in [-0.05, 0) is 12.8 Å². The summed E-state index contributed by atoms with van der Waals surface area (Å²) in [6.07, 6.45) is 7.64. The summed E-state index contributed by atoms with van der Waals surface area (Å²) >= 11 is 0. The van der Waals surface area contributed by atoms with Crippen LogP contribution in [0.4, 0.5) is 0 Å². The number of hydrogen-bond donors (Lipinski definition) is 1. The Kier molecular flexibility index (Phi) is 4.54. The van der Waals surface area contributed by atoms with Crippen LogP contribution in [-0.2, 0) is 11.3 Å². The number of aliphatic carboxylic acids is 1. The molecule has 0 atom stereocenters. The molecule has 1 N–H and O–H groups in total. The largest absolute Gasteiger partial charge is 0.481 e. The summed E-state index contributed by atoms with van der Waals surface area (Å²) in [5, 5.41) is 12.6. The molecule has 19 heavy (non-hydrogen) atoms. The lowest BCUT2D eigenvalue weighted by Gasteiger charge is -2.19. The van der Waals surface area contributed by atoms with Crippen LogP contribution < -0.4 is 0 Å². The number of hydrogen-bond acceptors (Lipinski definition) is 3. The molecule has 1 aliphatic rings. The highest BCUT2D eigenvalue weighted by atomic mass is 16.4. The van der Waals surface area contributed by atoms with Gasteiger partial charge in [-0.1, -0.05) is 12.8 Å². The Morgan fingerprint density at radius 2 is 1.89 bits per heavy atom. The van der Waals surface area contributed by atoms with Crippen LogP contribution in [0.25, 0.3) is 0 Å². The maximum atomic E-state index is 12.3. The molecule has 1 aromatic heterocycles. The van der Waals surface area contributed by atoms with Crippen LogP contribution in [0.2, 0.25) is 0 Å². The van der Waals surface area contributed by atoms with Crippen molar-refractivity contribution in [3.05, 3.63) is 18.0 Å². The molecule has 0 bridgehead atoms. The van der Waals surface area contributed by atoms with Crippen molar-refractivity contribution in [1.29, 1.82) is 0 Å². The van der Waals surface area contributed by atoms with Gasteiger partial charge in [-0.2, -0.15) is 5.10 Å². The van der Waals surface area contributed by atoms with Gasteiger partial charge in [0.05, 0.1) is 24.7 Å². The lowest BCUT2D eigenvalue weighted by molar-refractivity contribution is -0.137. The molecule has 0 aromatic carbocycles. The van der Waals surface area contributed by atoms with Crippen LogP contribution >= 0.6 is 0 Å². The molecule has 104 valence electrons. The van der Waals surface area contributed by atoms with E-state index in [1.54, 1.807) is 6.20 Å². The number of carbonyl (C=O) groups excluding carboxylic acids is 1. The maximum Gasteiger partial charge on any atom is 0.305 e. The summed E-state index contributed by atoms with van der Waals surface area (Å²) in [6, 6.07) is 0. The molecule has 1 saturated heterocycles. The van der Waals surface area contributed by atoms with Crippen LogP contribution in [-0.4, -0.2) is 44.8 Å². The molecule has 0 saturated carbocycles. The quantitative estimate of drug-likeness (QED) is 0.892. The third-order valence-corrected chi connectivity index (χ3v) is 3.33. The van der Waals surface area contributed by atoms with Crippen molar-refractivity contribution >= 4 is 11.9 Å². The fourth-order valence-corrected chi connectivity index (χ4v) is 2.26. The second-order valence-corrected chi connectivity index (χ2v) is 4.84. The molecule has 1 fully saturated rings. The van der Waals surface area contributed by atoms with Gasteiger partial charge in [-0.15, -0.1) is 0 Å². The van der Waals surface area contributed by atoms with Gasteiger partial charge in [-0.3, -0.25) is 14.3 Å². The zero-order chi connectivity index (χ0) is 13.7. The average Bonchev–Trinajstić information content (AvgIpc) is 2.69. The number of amides is 1. The highest BCUT2D eigenvalue weighted by molar-refractivity contribution is 5.93. The second-order valence-electron chi connectivity index (χ2n) is 4.84. The van der Waals surface area contributed by atoms with Crippen molar-refractivity contribution in [2.24, 2.45) is 0 Å². The number of carboxylic acid groups (broad SMARTS) is 1.